The van der Waals surface area contributed by atoms with Crippen molar-refractivity contribution in [3.63, 3.8) is 0 Å². The average molecular weight is 220 g/mol. The van der Waals surface area contributed by atoms with Gasteiger partial charge in [0.15, 0.2) is 0 Å². The van der Waals surface area contributed by atoms with Crippen molar-refractivity contribution in [3.05, 3.63) is 24.3 Å². The normalized spacial score (nSPS) is 18.3. The Hall–Kier alpha value is -1.49. The van der Waals surface area contributed by atoms with Gasteiger partial charge in [0.25, 0.3) is 5.91 Å². The minimum Gasteiger partial charge on any atom is -0.287 e. The molecule has 1 heterocycles. The Morgan fingerprint density at radius 3 is 2.56 bits per heavy atom. The van der Waals surface area contributed by atoms with Gasteiger partial charge >= 0.3 is 0 Å². The topological polar surface area (TPSA) is 66.9 Å². The fraction of sp³-hybridized carbons (Fsp3) is 0.545. The second kappa shape index (κ2) is 4.57. The third-order valence-electron chi connectivity index (χ3n) is 3.01. The summed E-state index contributed by atoms with van der Waals surface area (Å²) in [6.07, 6.45) is 9.03. The molecular formula is C11H16N4O. The van der Waals surface area contributed by atoms with Gasteiger partial charge in [-0.2, -0.15) is 0 Å². The molecule has 1 saturated carbocycles. The lowest BCUT2D eigenvalue weighted by Gasteiger charge is -2.25. The molecule has 5 nitrogen and oxygen atoms in total. The van der Waals surface area contributed by atoms with E-state index in [4.69, 9.17) is 0 Å². The first-order valence-corrected chi connectivity index (χ1v) is 5.52. The maximum absolute atomic E-state index is 11.7. The van der Waals surface area contributed by atoms with Crippen molar-refractivity contribution < 1.29 is 4.79 Å². The molecule has 1 aromatic rings. The molecule has 0 bridgehead atoms. The van der Waals surface area contributed by atoms with Crippen LogP contribution < -0.4 is 10.9 Å². The van der Waals surface area contributed by atoms with Crippen LogP contribution >= 0.6 is 0 Å². The molecule has 1 amide bonds. The van der Waals surface area contributed by atoms with E-state index < -0.39 is 0 Å². The summed E-state index contributed by atoms with van der Waals surface area (Å²) in [6.45, 7) is 2.13. The highest BCUT2D eigenvalue weighted by atomic mass is 16.2. The van der Waals surface area contributed by atoms with Crippen LogP contribution in [0.5, 0.6) is 0 Å². The average Bonchev–Trinajstić information content (AvgIpc) is 2.75. The standard InChI is InChI=1S/C11H16N4O/c1-11(4-2-3-5-11)15-14-10(16)9-6-12-8-13-7-9/h6-8,15H,2-5H2,1H3,(H,14,16). The molecule has 1 aliphatic rings. The van der Waals surface area contributed by atoms with Gasteiger partial charge in [-0.3, -0.25) is 10.2 Å². The summed E-state index contributed by atoms with van der Waals surface area (Å²) >= 11 is 0. The maximum atomic E-state index is 11.7. The number of hydrogen-bond donors (Lipinski definition) is 2. The van der Waals surface area contributed by atoms with Crippen molar-refractivity contribution in [2.75, 3.05) is 0 Å². The number of aromatic nitrogens is 2. The summed E-state index contributed by atoms with van der Waals surface area (Å²) in [4.78, 5) is 19.3. The van der Waals surface area contributed by atoms with Crippen LogP contribution in [0.2, 0.25) is 0 Å². The van der Waals surface area contributed by atoms with Crippen LogP contribution in [0.1, 0.15) is 43.0 Å². The van der Waals surface area contributed by atoms with E-state index in [-0.39, 0.29) is 11.4 Å². The van der Waals surface area contributed by atoms with Crippen molar-refractivity contribution in [1.82, 2.24) is 20.8 Å². The Bertz CT molecular complexity index is 360. The lowest BCUT2D eigenvalue weighted by Crippen LogP contribution is -2.50. The smallest absolute Gasteiger partial charge is 0.268 e. The Kier molecular flexibility index (Phi) is 3.14. The molecule has 1 aliphatic carbocycles. The zero-order chi connectivity index (χ0) is 11.4. The first-order valence-electron chi connectivity index (χ1n) is 5.52. The number of carbonyl (C=O) groups excluding carboxylic acids is 1. The number of hydrogen-bond acceptors (Lipinski definition) is 4. The van der Waals surface area contributed by atoms with Crippen molar-refractivity contribution in [2.24, 2.45) is 0 Å². The van der Waals surface area contributed by atoms with E-state index in [9.17, 15) is 4.79 Å². The lowest BCUT2D eigenvalue weighted by molar-refractivity contribution is 0.0907. The summed E-state index contributed by atoms with van der Waals surface area (Å²) in [6, 6.07) is 0. The Morgan fingerprint density at radius 2 is 1.94 bits per heavy atom. The van der Waals surface area contributed by atoms with E-state index in [1.165, 1.54) is 31.6 Å². The number of nitrogens with one attached hydrogen (secondary N) is 2. The zero-order valence-electron chi connectivity index (χ0n) is 9.36. The predicted molar refractivity (Wildman–Crippen MR) is 59.5 cm³/mol. The minimum atomic E-state index is -0.186. The van der Waals surface area contributed by atoms with Crippen LogP contribution in [-0.2, 0) is 0 Å². The van der Waals surface area contributed by atoms with Crippen molar-refractivity contribution >= 4 is 5.91 Å². The molecular weight excluding hydrogens is 204 g/mol. The molecule has 0 aliphatic heterocycles. The van der Waals surface area contributed by atoms with Crippen LogP contribution in [0, 0.1) is 0 Å². The number of nitrogens with zero attached hydrogens (tertiary/aromatic N) is 2. The summed E-state index contributed by atoms with van der Waals surface area (Å²) in [5.74, 6) is -0.186. The highest BCUT2D eigenvalue weighted by Gasteiger charge is 2.28. The van der Waals surface area contributed by atoms with E-state index in [1.54, 1.807) is 0 Å². The zero-order valence-corrected chi connectivity index (χ0v) is 9.36. The summed E-state index contributed by atoms with van der Waals surface area (Å²) in [5.41, 5.74) is 6.32. The molecule has 2 N–H and O–H groups in total. The largest absolute Gasteiger partial charge is 0.287 e. The van der Waals surface area contributed by atoms with Crippen LogP contribution in [-0.4, -0.2) is 21.4 Å². The van der Waals surface area contributed by atoms with Crippen LogP contribution in [0.3, 0.4) is 0 Å². The van der Waals surface area contributed by atoms with E-state index in [0.717, 1.165) is 12.8 Å². The van der Waals surface area contributed by atoms with E-state index in [0.29, 0.717) is 5.56 Å². The number of carbonyl (C=O) groups is 1. The SMILES string of the molecule is CC1(NNC(=O)c2cncnc2)CCCC1. The molecule has 1 aromatic heterocycles. The van der Waals surface area contributed by atoms with Gasteiger partial charge in [0.1, 0.15) is 6.33 Å². The third kappa shape index (κ3) is 2.55. The Morgan fingerprint density at radius 1 is 1.31 bits per heavy atom. The summed E-state index contributed by atoms with van der Waals surface area (Å²) in [7, 11) is 0. The van der Waals surface area contributed by atoms with Crippen molar-refractivity contribution in [2.45, 2.75) is 38.1 Å². The Balaban J connectivity index is 1.89. The molecule has 0 radical (unpaired) electrons. The lowest BCUT2D eigenvalue weighted by atomic mass is 10.0. The Labute approximate surface area is 94.7 Å². The number of amides is 1. The van der Waals surface area contributed by atoms with Crippen LogP contribution in [0.4, 0.5) is 0 Å². The molecule has 5 heteroatoms. The quantitative estimate of drug-likeness (QED) is 0.747. The van der Waals surface area contributed by atoms with Gasteiger partial charge in [0.05, 0.1) is 5.56 Å². The van der Waals surface area contributed by atoms with Crippen LogP contribution in [0.15, 0.2) is 18.7 Å². The van der Waals surface area contributed by atoms with Crippen molar-refractivity contribution in [3.8, 4) is 0 Å². The first-order chi connectivity index (χ1) is 7.70. The fourth-order valence-electron chi connectivity index (χ4n) is 1.98. The number of hydrazine groups is 1. The summed E-state index contributed by atoms with van der Waals surface area (Å²) < 4.78 is 0. The highest BCUT2D eigenvalue weighted by molar-refractivity contribution is 5.93. The molecule has 2 rings (SSSR count). The molecule has 1 fully saturated rings. The molecule has 0 spiro atoms. The van der Waals surface area contributed by atoms with Gasteiger partial charge in [-0.05, 0) is 19.8 Å². The molecule has 0 unspecified atom stereocenters. The summed E-state index contributed by atoms with van der Waals surface area (Å²) in [5, 5.41) is 0. The molecule has 0 saturated heterocycles. The number of rotatable bonds is 3. The van der Waals surface area contributed by atoms with Crippen molar-refractivity contribution in [1.29, 1.82) is 0 Å². The molecule has 86 valence electrons. The minimum absolute atomic E-state index is 0.0330. The van der Waals surface area contributed by atoms with Crippen LogP contribution in [0.25, 0.3) is 0 Å². The maximum Gasteiger partial charge on any atom is 0.268 e. The van der Waals surface area contributed by atoms with E-state index >= 15 is 0 Å². The molecule has 0 aromatic carbocycles. The van der Waals surface area contributed by atoms with Gasteiger partial charge in [0.2, 0.25) is 0 Å². The van der Waals surface area contributed by atoms with E-state index in [1.807, 2.05) is 0 Å². The van der Waals surface area contributed by atoms with Gasteiger partial charge < -0.3 is 0 Å². The second-order valence-electron chi connectivity index (χ2n) is 4.47. The first kappa shape index (κ1) is 11.0. The van der Waals surface area contributed by atoms with Gasteiger partial charge in [-0.15, -0.1) is 0 Å². The van der Waals surface area contributed by atoms with Gasteiger partial charge in [0, 0.05) is 17.9 Å². The fourth-order valence-corrected chi connectivity index (χ4v) is 1.98. The predicted octanol–water partition coefficient (Wildman–Crippen LogP) is 1.04. The second-order valence-corrected chi connectivity index (χ2v) is 4.47. The van der Waals surface area contributed by atoms with E-state index in [2.05, 4.69) is 27.7 Å². The molecule has 0 atom stereocenters. The molecule has 16 heavy (non-hydrogen) atoms. The van der Waals surface area contributed by atoms with Gasteiger partial charge in [-0.1, -0.05) is 12.8 Å². The highest BCUT2D eigenvalue weighted by Crippen LogP contribution is 2.28. The third-order valence-corrected chi connectivity index (χ3v) is 3.01. The monoisotopic (exact) mass is 220 g/mol. The van der Waals surface area contributed by atoms with Gasteiger partial charge in [-0.25, -0.2) is 15.4 Å².